The van der Waals surface area contributed by atoms with Crippen LogP contribution in [0.1, 0.15) is 19.3 Å². The quantitative estimate of drug-likeness (QED) is 0.327. The Morgan fingerprint density at radius 2 is 2.50 bits per heavy atom. The van der Waals surface area contributed by atoms with Crippen LogP contribution < -0.4 is 0 Å². The summed E-state index contributed by atoms with van der Waals surface area (Å²) in [5.41, 5.74) is 0. The Bertz CT molecular complexity index is 125. The van der Waals surface area contributed by atoms with Crippen molar-refractivity contribution in [3.63, 3.8) is 0 Å². The Morgan fingerprint density at radius 3 is 2.88 bits per heavy atom. The highest BCUT2D eigenvalue weighted by Crippen LogP contribution is 2.14. The van der Waals surface area contributed by atoms with Gasteiger partial charge >= 0.3 is 0 Å². The maximum atomic E-state index is 5.20. The lowest BCUT2D eigenvalue weighted by Crippen LogP contribution is -1.95. The molecule has 1 atom stereocenters. The van der Waals surface area contributed by atoms with Gasteiger partial charge in [-0.2, -0.15) is 0 Å². The van der Waals surface area contributed by atoms with Gasteiger partial charge in [-0.25, -0.2) is 0 Å². The molecule has 0 aliphatic heterocycles. The second-order valence-corrected chi connectivity index (χ2v) is 2.13. The molecule has 0 aromatic carbocycles. The highest BCUT2D eigenvalue weighted by molar-refractivity contribution is 5.07. The van der Waals surface area contributed by atoms with Crippen LogP contribution in [-0.2, 0) is 0 Å². The summed E-state index contributed by atoms with van der Waals surface area (Å²) in [7, 11) is 0. The van der Waals surface area contributed by atoms with Crippen LogP contribution in [0.2, 0.25) is 0 Å². The van der Waals surface area contributed by atoms with Crippen LogP contribution in [-0.4, -0.2) is 0 Å². The molecule has 1 rings (SSSR count). The summed E-state index contributed by atoms with van der Waals surface area (Å²) < 4.78 is 0. The largest absolute Gasteiger partial charge is 0.119 e. The molecule has 1 aliphatic rings. The zero-order valence-corrected chi connectivity index (χ0v) is 4.93. The minimum Gasteiger partial charge on any atom is -0.119 e. The molecule has 0 amide bonds. The van der Waals surface area contributed by atoms with Crippen molar-refractivity contribution < 1.29 is 0 Å². The van der Waals surface area contributed by atoms with Crippen molar-refractivity contribution in [3.05, 3.63) is 12.2 Å². The van der Waals surface area contributed by atoms with Crippen molar-refractivity contribution in [2.24, 2.45) is 5.92 Å². The third kappa shape index (κ3) is 1.13. The lowest BCUT2D eigenvalue weighted by atomic mass is 9.97. The fourth-order valence-electron chi connectivity index (χ4n) is 0.951. The summed E-state index contributed by atoms with van der Waals surface area (Å²) in [4.78, 5) is 0. The van der Waals surface area contributed by atoms with Crippen LogP contribution in [0.25, 0.3) is 0 Å². The Labute approximate surface area is 50.6 Å². The van der Waals surface area contributed by atoms with Gasteiger partial charge in [0.15, 0.2) is 0 Å². The molecule has 0 nitrogen and oxygen atoms in total. The first kappa shape index (κ1) is 5.44. The van der Waals surface area contributed by atoms with E-state index in [1.165, 1.54) is 19.3 Å². The molecule has 0 N–H and O–H groups in total. The SMILES string of the molecule is C#CC1C=CCCC1. The lowest BCUT2D eigenvalue weighted by molar-refractivity contribution is 0.646. The molecule has 0 saturated heterocycles. The number of terminal acetylenes is 1. The van der Waals surface area contributed by atoms with Crippen LogP contribution in [0.15, 0.2) is 12.2 Å². The number of rotatable bonds is 0. The van der Waals surface area contributed by atoms with E-state index in [0.717, 1.165) is 0 Å². The zero-order valence-electron chi connectivity index (χ0n) is 4.93. The van der Waals surface area contributed by atoms with Gasteiger partial charge in [-0.05, 0) is 19.3 Å². The standard InChI is InChI=1S/C8H10/c1-2-8-6-4-3-5-7-8/h1,4,6,8H,3,5,7H2. The highest BCUT2D eigenvalue weighted by Gasteiger charge is 2.02. The third-order valence-corrected chi connectivity index (χ3v) is 1.47. The van der Waals surface area contributed by atoms with Crippen LogP contribution >= 0.6 is 0 Å². The molecule has 0 saturated carbocycles. The second-order valence-electron chi connectivity index (χ2n) is 2.13. The maximum absolute atomic E-state index is 5.20. The molecule has 0 fully saturated rings. The van der Waals surface area contributed by atoms with Crippen LogP contribution in [0, 0.1) is 18.3 Å². The fraction of sp³-hybridized carbons (Fsp3) is 0.500. The van der Waals surface area contributed by atoms with Gasteiger partial charge in [-0.15, -0.1) is 6.42 Å². The van der Waals surface area contributed by atoms with Crippen molar-refractivity contribution in [1.82, 2.24) is 0 Å². The number of hydrogen-bond donors (Lipinski definition) is 0. The van der Waals surface area contributed by atoms with E-state index >= 15 is 0 Å². The summed E-state index contributed by atoms with van der Waals surface area (Å²) in [6.07, 6.45) is 13.2. The van der Waals surface area contributed by atoms with Crippen molar-refractivity contribution in [2.75, 3.05) is 0 Å². The van der Waals surface area contributed by atoms with Gasteiger partial charge in [0.25, 0.3) is 0 Å². The topological polar surface area (TPSA) is 0 Å². The molecule has 8 heavy (non-hydrogen) atoms. The number of allylic oxidation sites excluding steroid dienone is 2. The molecule has 0 aromatic rings. The van der Waals surface area contributed by atoms with E-state index in [-0.39, 0.29) is 0 Å². The molecule has 0 bridgehead atoms. The zero-order chi connectivity index (χ0) is 5.82. The molecule has 1 aliphatic carbocycles. The maximum Gasteiger partial charge on any atom is 0.0380 e. The van der Waals surface area contributed by atoms with Crippen LogP contribution in [0.3, 0.4) is 0 Å². The van der Waals surface area contributed by atoms with E-state index in [9.17, 15) is 0 Å². The summed E-state index contributed by atoms with van der Waals surface area (Å²) >= 11 is 0. The van der Waals surface area contributed by atoms with Gasteiger partial charge < -0.3 is 0 Å². The van der Waals surface area contributed by atoms with Crippen LogP contribution in [0.4, 0.5) is 0 Å². The Morgan fingerprint density at radius 1 is 1.62 bits per heavy atom. The van der Waals surface area contributed by atoms with Crippen molar-refractivity contribution in [3.8, 4) is 12.3 Å². The molecular formula is C8H10. The summed E-state index contributed by atoms with van der Waals surface area (Å²) in [5.74, 6) is 3.15. The molecule has 0 heterocycles. The predicted molar refractivity (Wildman–Crippen MR) is 35.3 cm³/mol. The van der Waals surface area contributed by atoms with Gasteiger partial charge in [0.2, 0.25) is 0 Å². The average molecular weight is 106 g/mol. The Kier molecular flexibility index (Phi) is 1.75. The normalized spacial score (nSPS) is 27.1. The molecule has 42 valence electrons. The van der Waals surface area contributed by atoms with Gasteiger partial charge in [0.1, 0.15) is 0 Å². The molecule has 1 unspecified atom stereocenters. The average Bonchev–Trinajstić information content (AvgIpc) is 1.90. The first-order chi connectivity index (χ1) is 3.93. The molecule has 0 spiro atoms. The summed E-state index contributed by atoms with van der Waals surface area (Å²) in [6, 6.07) is 0. The van der Waals surface area contributed by atoms with E-state index < -0.39 is 0 Å². The molecule has 0 radical (unpaired) electrons. The van der Waals surface area contributed by atoms with E-state index in [0.29, 0.717) is 5.92 Å². The predicted octanol–water partition coefficient (Wildman–Crippen LogP) is 1.98. The molecular weight excluding hydrogens is 96.1 g/mol. The van der Waals surface area contributed by atoms with E-state index in [2.05, 4.69) is 18.1 Å². The van der Waals surface area contributed by atoms with Crippen LogP contribution in [0.5, 0.6) is 0 Å². The van der Waals surface area contributed by atoms with Crippen molar-refractivity contribution >= 4 is 0 Å². The summed E-state index contributed by atoms with van der Waals surface area (Å²) in [5, 5.41) is 0. The third-order valence-electron chi connectivity index (χ3n) is 1.47. The fourth-order valence-corrected chi connectivity index (χ4v) is 0.951. The first-order valence-corrected chi connectivity index (χ1v) is 3.06. The minimum atomic E-state index is 0.434. The summed E-state index contributed by atoms with van der Waals surface area (Å²) in [6.45, 7) is 0. The first-order valence-electron chi connectivity index (χ1n) is 3.06. The Balaban J connectivity index is 2.46. The highest BCUT2D eigenvalue weighted by atomic mass is 14.1. The minimum absolute atomic E-state index is 0.434. The van der Waals surface area contributed by atoms with Gasteiger partial charge in [0.05, 0.1) is 0 Å². The van der Waals surface area contributed by atoms with Gasteiger partial charge in [-0.3, -0.25) is 0 Å². The van der Waals surface area contributed by atoms with Gasteiger partial charge in [0, 0.05) is 5.92 Å². The van der Waals surface area contributed by atoms with Crippen molar-refractivity contribution in [2.45, 2.75) is 19.3 Å². The number of hydrogen-bond acceptors (Lipinski definition) is 0. The monoisotopic (exact) mass is 106 g/mol. The Hall–Kier alpha value is -0.700. The second kappa shape index (κ2) is 2.57. The molecule has 0 aromatic heterocycles. The van der Waals surface area contributed by atoms with Crippen molar-refractivity contribution in [1.29, 1.82) is 0 Å². The van der Waals surface area contributed by atoms with Gasteiger partial charge in [-0.1, -0.05) is 18.1 Å². The van der Waals surface area contributed by atoms with E-state index in [1.807, 2.05) is 0 Å². The van der Waals surface area contributed by atoms with E-state index in [4.69, 9.17) is 6.42 Å². The molecule has 0 heteroatoms. The smallest absolute Gasteiger partial charge is 0.0380 e. The lowest BCUT2D eigenvalue weighted by Gasteiger charge is -2.07. The van der Waals surface area contributed by atoms with E-state index in [1.54, 1.807) is 0 Å².